The monoisotopic (exact) mass is 308 g/mol. The number of aliphatic hydroxyl groups excluding tert-OH is 1. The van der Waals surface area contributed by atoms with Crippen LogP contribution in [0.3, 0.4) is 0 Å². The lowest BCUT2D eigenvalue weighted by Crippen LogP contribution is -2.46. The van der Waals surface area contributed by atoms with E-state index in [0.29, 0.717) is 12.3 Å². The van der Waals surface area contributed by atoms with Crippen LogP contribution < -0.4 is 0 Å². The van der Waals surface area contributed by atoms with Gasteiger partial charge in [-0.25, -0.2) is 0 Å². The molecule has 0 spiro atoms. The molecule has 2 aliphatic heterocycles. The maximum Gasteiger partial charge on any atom is 0.223 e. The van der Waals surface area contributed by atoms with E-state index in [1.54, 1.807) is 0 Å². The Morgan fingerprint density at radius 2 is 1.91 bits per heavy atom. The molecule has 1 N–H and O–H groups in total. The van der Waals surface area contributed by atoms with Crippen molar-refractivity contribution in [3.8, 4) is 0 Å². The van der Waals surface area contributed by atoms with E-state index in [1.807, 2.05) is 4.90 Å². The molecule has 1 amide bonds. The molecule has 0 bridgehead atoms. The number of nitrogens with zero attached hydrogens (tertiary/aromatic N) is 2. The Hall–Kier alpha value is -0.870. The highest BCUT2D eigenvalue weighted by molar-refractivity contribution is 5.76. The molecule has 4 heteroatoms. The van der Waals surface area contributed by atoms with Crippen molar-refractivity contribution in [2.24, 2.45) is 5.41 Å². The number of hydrogen-bond donors (Lipinski definition) is 1. The lowest BCUT2D eigenvalue weighted by Gasteiger charge is -2.41. The first-order valence-corrected chi connectivity index (χ1v) is 8.79. The summed E-state index contributed by atoms with van der Waals surface area (Å²) in [5, 5.41) is 9.89. The lowest BCUT2D eigenvalue weighted by atomic mass is 9.77. The zero-order valence-electron chi connectivity index (χ0n) is 14.3. The standard InChI is InChI=1S/C18H32N2O2/c1-16(2)6-9-18(15-21)8-5-10-19(14-18)13-7-17(22)20-11-3-4-12-20/h6,21H,3-5,7-15H2,1-2H3. The van der Waals surface area contributed by atoms with Crippen molar-refractivity contribution in [1.82, 2.24) is 9.80 Å². The number of hydrogen-bond acceptors (Lipinski definition) is 3. The second-order valence-electron chi connectivity index (χ2n) is 7.36. The fraction of sp³-hybridized carbons (Fsp3) is 0.833. The third-order valence-corrected chi connectivity index (χ3v) is 5.12. The first-order valence-electron chi connectivity index (χ1n) is 8.79. The minimum Gasteiger partial charge on any atom is -0.396 e. The summed E-state index contributed by atoms with van der Waals surface area (Å²) in [4.78, 5) is 16.6. The highest BCUT2D eigenvalue weighted by Crippen LogP contribution is 2.34. The summed E-state index contributed by atoms with van der Waals surface area (Å²) >= 11 is 0. The zero-order valence-corrected chi connectivity index (χ0v) is 14.3. The van der Waals surface area contributed by atoms with Crippen molar-refractivity contribution in [2.75, 3.05) is 39.3 Å². The number of rotatable bonds is 6. The third kappa shape index (κ3) is 4.82. The summed E-state index contributed by atoms with van der Waals surface area (Å²) < 4.78 is 0. The summed E-state index contributed by atoms with van der Waals surface area (Å²) in [6.07, 6.45) is 8.35. The lowest BCUT2D eigenvalue weighted by molar-refractivity contribution is -0.130. The van der Waals surface area contributed by atoms with Crippen LogP contribution in [0.2, 0.25) is 0 Å². The largest absolute Gasteiger partial charge is 0.396 e. The van der Waals surface area contributed by atoms with Crippen molar-refractivity contribution in [3.05, 3.63) is 11.6 Å². The Morgan fingerprint density at radius 1 is 1.18 bits per heavy atom. The summed E-state index contributed by atoms with van der Waals surface area (Å²) in [7, 11) is 0. The molecule has 0 aromatic rings. The van der Waals surface area contributed by atoms with E-state index < -0.39 is 0 Å². The van der Waals surface area contributed by atoms with Crippen molar-refractivity contribution < 1.29 is 9.90 Å². The maximum absolute atomic E-state index is 12.2. The topological polar surface area (TPSA) is 43.8 Å². The molecule has 1 atom stereocenters. The molecule has 1 unspecified atom stereocenters. The molecule has 2 heterocycles. The zero-order chi connectivity index (χ0) is 16.0. The fourth-order valence-electron chi connectivity index (χ4n) is 3.66. The second kappa shape index (κ2) is 8.11. The van der Waals surface area contributed by atoms with Crippen LogP contribution in [-0.4, -0.2) is 60.1 Å². The van der Waals surface area contributed by atoms with E-state index >= 15 is 0 Å². The molecule has 2 saturated heterocycles. The molecule has 0 aromatic carbocycles. The van der Waals surface area contributed by atoms with Crippen molar-refractivity contribution in [3.63, 3.8) is 0 Å². The first kappa shape index (κ1) is 17.5. The number of likely N-dealkylation sites (tertiary alicyclic amines) is 2. The molecule has 4 nitrogen and oxygen atoms in total. The molecule has 22 heavy (non-hydrogen) atoms. The van der Waals surface area contributed by atoms with Crippen molar-refractivity contribution in [2.45, 2.75) is 52.4 Å². The Balaban J connectivity index is 1.83. The van der Waals surface area contributed by atoms with Crippen LogP contribution in [-0.2, 0) is 4.79 Å². The molecule has 126 valence electrons. The molecular weight excluding hydrogens is 276 g/mol. The van der Waals surface area contributed by atoms with Gasteiger partial charge in [-0.3, -0.25) is 4.79 Å². The highest BCUT2D eigenvalue weighted by atomic mass is 16.3. The molecular formula is C18H32N2O2. The number of aliphatic hydroxyl groups is 1. The van der Waals surface area contributed by atoms with E-state index in [4.69, 9.17) is 0 Å². The molecule has 2 aliphatic rings. The van der Waals surface area contributed by atoms with Gasteiger partial charge in [-0.2, -0.15) is 0 Å². The van der Waals surface area contributed by atoms with Gasteiger partial charge in [0.05, 0.1) is 6.61 Å². The number of allylic oxidation sites excluding steroid dienone is 2. The van der Waals surface area contributed by atoms with Gasteiger partial charge in [-0.1, -0.05) is 11.6 Å². The van der Waals surface area contributed by atoms with Crippen molar-refractivity contribution in [1.29, 1.82) is 0 Å². The average molecular weight is 308 g/mol. The van der Waals surface area contributed by atoms with E-state index in [2.05, 4.69) is 24.8 Å². The van der Waals surface area contributed by atoms with Gasteiger partial charge in [0.2, 0.25) is 5.91 Å². The Labute approximate surface area is 135 Å². The van der Waals surface area contributed by atoms with Crippen LogP contribution in [0.5, 0.6) is 0 Å². The van der Waals surface area contributed by atoms with Crippen LogP contribution in [0.1, 0.15) is 52.4 Å². The minimum absolute atomic E-state index is 0.00773. The van der Waals surface area contributed by atoms with E-state index in [9.17, 15) is 9.90 Å². The highest BCUT2D eigenvalue weighted by Gasteiger charge is 2.34. The Kier molecular flexibility index (Phi) is 6.45. The quantitative estimate of drug-likeness (QED) is 0.767. The van der Waals surface area contributed by atoms with Crippen LogP contribution in [0.25, 0.3) is 0 Å². The molecule has 0 aromatic heterocycles. The summed E-state index contributed by atoms with van der Waals surface area (Å²) in [5.41, 5.74) is 1.31. The van der Waals surface area contributed by atoms with Crippen molar-refractivity contribution >= 4 is 5.91 Å². The number of carbonyl (C=O) groups excluding carboxylic acids is 1. The summed E-state index contributed by atoms with van der Waals surface area (Å²) in [6, 6.07) is 0. The Bertz CT molecular complexity index is 398. The predicted octanol–water partition coefficient (Wildman–Crippen LogP) is 2.43. The third-order valence-electron chi connectivity index (χ3n) is 5.12. The molecule has 0 aliphatic carbocycles. The van der Waals surface area contributed by atoms with Gasteiger partial charge >= 0.3 is 0 Å². The second-order valence-corrected chi connectivity index (χ2v) is 7.36. The predicted molar refractivity (Wildman–Crippen MR) is 89.7 cm³/mol. The smallest absolute Gasteiger partial charge is 0.223 e. The minimum atomic E-state index is -0.00773. The first-order chi connectivity index (χ1) is 10.5. The van der Waals surface area contributed by atoms with Crippen LogP contribution in [0.15, 0.2) is 11.6 Å². The van der Waals surface area contributed by atoms with E-state index in [1.165, 1.54) is 5.57 Å². The summed E-state index contributed by atoms with van der Waals surface area (Å²) in [5.74, 6) is 0.307. The Morgan fingerprint density at radius 3 is 2.55 bits per heavy atom. The SMILES string of the molecule is CC(C)=CCC1(CO)CCCN(CCC(=O)N2CCCC2)C1. The molecule has 0 radical (unpaired) electrons. The molecule has 2 fully saturated rings. The van der Waals surface area contributed by atoms with Gasteiger partial charge in [0.1, 0.15) is 0 Å². The van der Waals surface area contributed by atoms with Gasteiger partial charge in [-0.15, -0.1) is 0 Å². The van der Waals surface area contributed by atoms with Crippen LogP contribution in [0.4, 0.5) is 0 Å². The van der Waals surface area contributed by atoms with Crippen LogP contribution in [0, 0.1) is 5.41 Å². The number of piperidine rings is 1. The number of amides is 1. The van der Waals surface area contributed by atoms with Gasteiger partial charge in [0.15, 0.2) is 0 Å². The van der Waals surface area contributed by atoms with E-state index in [0.717, 1.165) is 64.8 Å². The average Bonchev–Trinajstić information content (AvgIpc) is 3.05. The van der Waals surface area contributed by atoms with Gasteiger partial charge in [0.25, 0.3) is 0 Å². The number of carbonyl (C=O) groups is 1. The van der Waals surface area contributed by atoms with Crippen LogP contribution >= 0.6 is 0 Å². The fourth-order valence-corrected chi connectivity index (χ4v) is 3.66. The summed E-state index contributed by atoms with van der Waals surface area (Å²) in [6.45, 7) is 9.17. The molecule has 2 rings (SSSR count). The van der Waals surface area contributed by atoms with Gasteiger partial charge < -0.3 is 14.9 Å². The van der Waals surface area contributed by atoms with Gasteiger partial charge in [0, 0.05) is 38.0 Å². The van der Waals surface area contributed by atoms with Gasteiger partial charge in [-0.05, 0) is 52.5 Å². The normalized spacial score (nSPS) is 26.2. The maximum atomic E-state index is 12.2. The van der Waals surface area contributed by atoms with E-state index in [-0.39, 0.29) is 12.0 Å². The molecule has 0 saturated carbocycles.